The van der Waals surface area contributed by atoms with E-state index in [0.29, 0.717) is 29.2 Å². The molecule has 0 atom stereocenters. The Morgan fingerprint density at radius 2 is 2.19 bits per heavy atom. The number of benzene rings is 1. The van der Waals surface area contributed by atoms with E-state index in [2.05, 4.69) is 0 Å². The quantitative estimate of drug-likeness (QED) is 0.884. The maximum absolute atomic E-state index is 11.4. The molecule has 1 fully saturated rings. The molecule has 0 amide bonds. The molecule has 1 aliphatic carbocycles. The number of carbonyl (C=O) groups is 1. The van der Waals surface area contributed by atoms with Crippen LogP contribution in [0.3, 0.4) is 0 Å². The van der Waals surface area contributed by atoms with E-state index in [9.17, 15) is 9.90 Å². The molecule has 16 heavy (non-hydrogen) atoms. The second-order valence-electron chi connectivity index (χ2n) is 4.09. The first-order valence-electron chi connectivity index (χ1n) is 5.17. The lowest BCUT2D eigenvalue weighted by atomic mass is 9.64. The van der Waals surface area contributed by atoms with Crippen LogP contribution in [0.5, 0.6) is 5.75 Å². The minimum absolute atomic E-state index is 0.545. The van der Waals surface area contributed by atoms with E-state index in [0.717, 1.165) is 6.42 Å². The summed E-state index contributed by atoms with van der Waals surface area (Å²) < 4.78 is 5.21. The summed E-state index contributed by atoms with van der Waals surface area (Å²) >= 11 is 5.92. The highest BCUT2D eigenvalue weighted by Gasteiger charge is 2.47. The number of methoxy groups -OCH3 is 1. The zero-order valence-corrected chi connectivity index (χ0v) is 9.75. The second kappa shape index (κ2) is 3.98. The Morgan fingerprint density at radius 1 is 1.50 bits per heavy atom. The molecule has 2 rings (SSSR count). The van der Waals surface area contributed by atoms with Crippen LogP contribution in [0.2, 0.25) is 5.02 Å². The first-order valence-corrected chi connectivity index (χ1v) is 5.55. The van der Waals surface area contributed by atoms with Crippen molar-refractivity contribution in [2.45, 2.75) is 24.7 Å². The number of aliphatic carboxylic acids is 1. The van der Waals surface area contributed by atoms with Gasteiger partial charge < -0.3 is 9.84 Å². The Bertz CT molecular complexity index is 424. The molecule has 0 unspecified atom stereocenters. The van der Waals surface area contributed by atoms with Crippen LogP contribution in [0.4, 0.5) is 0 Å². The Hall–Kier alpha value is -1.22. The molecular weight excluding hydrogens is 228 g/mol. The van der Waals surface area contributed by atoms with Crippen molar-refractivity contribution in [3.63, 3.8) is 0 Å². The van der Waals surface area contributed by atoms with Crippen molar-refractivity contribution in [2.75, 3.05) is 7.11 Å². The summed E-state index contributed by atoms with van der Waals surface area (Å²) in [6.07, 6.45) is 2.24. The smallest absolute Gasteiger partial charge is 0.314 e. The summed E-state index contributed by atoms with van der Waals surface area (Å²) in [4.78, 5) is 11.4. The lowest BCUT2D eigenvalue weighted by molar-refractivity contribution is -0.147. The van der Waals surface area contributed by atoms with Gasteiger partial charge in [-0.2, -0.15) is 0 Å². The van der Waals surface area contributed by atoms with E-state index >= 15 is 0 Å². The summed E-state index contributed by atoms with van der Waals surface area (Å²) in [5.74, 6) is -0.189. The van der Waals surface area contributed by atoms with Crippen molar-refractivity contribution < 1.29 is 14.6 Å². The molecule has 0 heterocycles. The Morgan fingerprint density at radius 3 is 2.62 bits per heavy atom. The Labute approximate surface area is 99.0 Å². The maximum Gasteiger partial charge on any atom is 0.314 e. The van der Waals surface area contributed by atoms with Gasteiger partial charge in [0.05, 0.1) is 12.5 Å². The molecule has 86 valence electrons. The topological polar surface area (TPSA) is 46.5 Å². The summed E-state index contributed by atoms with van der Waals surface area (Å²) in [6, 6.07) is 5.13. The van der Waals surface area contributed by atoms with Gasteiger partial charge in [-0.15, -0.1) is 0 Å². The summed E-state index contributed by atoms with van der Waals surface area (Å²) in [5.41, 5.74) is -0.0998. The molecule has 1 saturated carbocycles. The molecule has 1 aromatic rings. The number of hydrogen-bond donors (Lipinski definition) is 1. The third-order valence-electron chi connectivity index (χ3n) is 3.29. The molecule has 0 spiro atoms. The number of rotatable bonds is 3. The standard InChI is InChI=1S/C12H13ClO3/c1-16-10-4-3-8(13)7-9(10)12(11(14)15)5-2-6-12/h3-4,7H,2,5-6H2,1H3,(H,14,15). The van der Waals surface area contributed by atoms with Crippen molar-refractivity contribution in [3.05, 3.63) is 28.8 Å². The van der Waals surface area contributed by atoms with Crippen LogP contribution >= 0.6 is 11.6 Å². The van der Waals surface area contributed by atoms with Gasteiger partial charge in [0.1, 0.15) is 5.75 Å². The molecule has 1 N–H and O–H groups in total. The molecule has 0 aliphatic heterocycles. The second-order valence-corrected chi connectivity index (χ2v) is 4.52. The fraction of sp³-hybridized carbons (Fsp3) is 0.417. The molecule has 1 aliphatic rings. The Balaban J connectivity index is 2.52. The Kier molecular flexibility index (Phi) is 2.80. The van der Waals surface area contributed by atoms with E-state index in [1.165, 1.54) is 0 Å². The van der Waals surface area contributed by atoms with E-state index in [4.69, 9.17) is 16.3 Å². The predicted octanol–water partition coefficient (Wildman–Crippen LogP) is 2.85. The van der Waals surface area contributed by atoms with E-state index in [-0.39, 0.29) is 0 Å². The molecule has 0 bridgehead atoms. The van der Waals surface area contributed by atoms with Gasteiger partial charge in [0.2, 0.25) is 0 Å². The normalized spacial score (nSPS) is 17.6. The monoisotopic (exact) mass is 240 g/mol. The molecule has 3 nitrogen and oxygen atoms in total. The van der Waals surface area contributed by atoms with Gasteiger partial charge in [0, 0.05) is 10.6 Å². The third-order valence-corrected chi connectivity index (χ3v) is 3.53. The van der Waals surface area contributed by atoms with Gasteiger partial charge in [-0.25, -0.2) is 0 Å². The van der Waals surface area contributed by atoms with Crippen LogP contribution in [0, 0.1) is 0 Å². The highest BCUT2D eigenvalue weighted by Crippen LogP contribution is 2.47. The minimum atomic E-state index is -0.795. The average molecular weight is 241 g/mol. The van der Waals surface area contributed by atoms with Crippen LogP contribution in [-0.2, 0) is 10.2 Å². The number of halogens is 1. The lowest BCUT2D eigenvalue weighted by Crippen LogP contribution is -2.42. The van der Waals surface area contributed by atoms with Gasteiger partial charge >= 0.3 is 5.97 Å². The zero-order chi connectivity index (χ0) is 11.8. The van der Waals surface area contributed by atoms with Crippen molar-refractivity contribution in [1.82, 2.24) is 0 Å². The van der Waals surface area contributed by atoms with Gasteiger partial charge in [-0.3, -0.25) is 4.79 Å². The van der Waals surface area contributed by atoms with Gasteiger partial charge in [-0.1, -0.05) is 18.0 Å². The highest BCUT2D eigenvalue weighted by atomic mass is 35.5. The van der Waals surface area contributed by atoms with Crippen LogP contribution in [0.1, 0.15) is 24.8 Å². The van der Waals surface area contributed by atoms with Gasteiger partial charge in [-0.05, 0) is 31.0 Å². The van der Waals surface area contributed by atoms with Gasteiger partial charge in [0.25, 0.3) is 0 Å². The molecular formula is C12H13ClO3. The van der Waals surface area contributed by atoms with E-state index in [1.54, 1.807) is 25.3 Å². The number of carboxylic acids is 1. The average Bonchev–Trinajstić information content (AvgIpc) is 2.15. The van der Waals surface area contributed by atoms with Crippen molar-refractivity contribution in [1.29, 1.82) is 0 Å². The number of ether oxygens (including phenoxy) is 1. The van der Waals surface area contributed by atoms with Crippen LogP contribution in [0.25, 0.3) is 0 Å². The predicted molar refractivity (Wildman–Crippen MR) is 61.2 cm³/mol. The van der Waals surface area contributed by atoms with Crippen LogP contribution in [-0.4, -0.2) is 18.2 Å². The minimum Gasteiger partial charge on any atom is -0.496 e. The zero-order valence-electron chi connectivity index (χ0n) is 9.00. The fourth-order valence-corrected chi connectivity index (χ4v) is 2.36. The van der Waals surface area contributed by atoms with Crippen molar-refractivity contribution in [3.8, 4) is 5.75 Å². The van der Waals surface area contributed by atoms with Crippen LogP contribution in [0.15, 0.2) is 18.2 Å². The van der Waals surface area contributed by atoms with E-state index < -0.39 is 11.4 Å². The summed E-state index contributed by atoms with van der Waals surface area (Å²) in [6.45, 7) is 0. The highest BCUT2D eigenvalue weighted by molar-refractivity contribution is 6.30. The van der Waals surface area contributed by atoms with Crippen molar-refractivity contribution >= 4 is 17.6 Å². The molecule has 0 radical (unpaired) electrons. The summed E-state index contributed by atoms with van der Waals surface area (Å²) in [5, 5.41) is 9.89. The first kappa shape index (κ1) is 11.3. The molecule has 0 saturated heterocycles. The third kappa shape index (κ3) is 1.55. The SMILES string of the molecule is COc1ccc(Cl)cc1C1(C(=O)O)CCC1. The molecule has 1 aromatic carbocycles. The maximum atomic E-state index is 11.4. The molecule has 4 heteroatoms. The number of carboxylic acid groups (broad SMARTS) is 1. The lowest BCUT2D eigenvalue weighted by Gasteiger charge is -2.38. The summed E-state index contributed by atoms with van der Waals surface area (Å²) in [7, 11) is 1.54. The molecule has 0 aromatic heterocycles. The van der Waals surface area contributed by atoms with Crippen molar-refractivity contribution in [2.24, 2.45) is 0 Å². The van der Waals surface area contributed by atoms with Crippen LogP contribution < -0.4 is 4.74 Å². The van der Waals surface area contributed by atoms with E-state index in [1.807, 2.05) is 0 Å². The largest absolute Gasteiger partial charge is 0.496 e. The number of hydrogen-bond acceptors (Lipinski definition) is 2. The fourth-order valence-electron chi connectivity index (χ4n) is 2.18. The first-order chi connectivity index (χ1) is 7.60. The van der Waals surface area contributed by atoms with Gasteiger partial charge in [0.15, 0.2) is 0 Å².